The zero-order valence-corrected chi connectivity index (χ0v) is 13.0. The number of nitrogens with one attached hydrogen (secondary N) is 2. The number of methoxy groups -OCH3 is 1. The van der Waals surface area contributed by atoms with Gasteiger partial charge in [0.2, 0.25) is 5.91 Å². The Morgan fingerprint density at radius 1 is 1.24 bits per heavy atom. The summed E-state index contributed by atoms with van der Waals surface area (Å²) in [5, 5.41) is 6.05. The van der Waals surface area contributed by atoms with Gasteiger partial charge in [-0.2, -0.15) is 0 Å². The Morgan fingerprint density at radius 3 is 2.86 bits per heavy atom. The first-order valence-electron chi connectivity index (χ1n) is 7.44. The summed E-state index contributed by atoms with van der Waals surface area (Å²) in [5.74, 6) is 0.938. The van der Waals surface area contributed by atoms with Gasteiger partial charge in [-0.3, -0.25) is 4.79 Å². The fraction of sp³-hybridized carbons (Fsp3) is 0.562. The van der Waals surface area contributed by atoms with E-state index in [1.165, 1.54) is 0 Å². The molecule has 0 heterocycles. The van der Waals surface area contributed by atoms with Crippen LogP contribution in [0.5, 0.6) is 5.75 Å². The molecule has 1 aromatic rings. The first-order chi connectivity index (χ1) is 10.3. The van der Waals surface area contributed by atoms with Gasteiger partial charge >= 0.3 is 0 Å². The van der Waals surface area contributed by atoms with Crippen molar-refractivity contribution in [1.29, 1.82) is 0 Å². The highest BCUT2D eigenvalue weighted by atomic mass is 16.5. The number of hydrogen-bond donors (Lipinski definition) is 2. The molecule has 0 bridgehead atoms. The third-order valence-electron chi connectivity index (χ3n) is 2.86. The fourth-order valence-electron chi connectivity index (χ4n) is 1.78. The lowest BCUT2D eigenvalue weighted by Gasteiger charge is -2.08. The van der Waals surface area contributed by atoms with Gasteiger partial charge in [-0.25, -0.2) is 0 Å². The maximum Gasteiger partial charge on any atom is 0.221 e. The minimum Gasteiger partial charge on any atom is -0.494 e. The van der Waals surface area contributed by atoms with Crippen LogP contribution < -0.4 is 15.4 Å². The van der Waals surface area contributed by atoms with E-state index in [9.17, 15) is 4.79 Å². The average molecular weight is 294 g/mol. The van der Waals surface area contributed by atoms with E-state index in [1.807, 2.05) is 24.3 Å². The van der Waals surface area contributed by atoms with Crippen molar-refractivity contribution in [2.24, 2.45) is 0 Å². The monoisotopic (exact) mass is 294 g/mol. The Kier molecular flexibility index (Phi) is 9.24. The largest absolute Gasteiger partial charge is 0.494 e. The molecular formula is C16H26N2O3. The number of carbonyl (C=O) groups is 1. The Morgan fingerprint density at radius 2 is 2.10 bits per heavy atom. The Balaban J connectivity index is 2.18. The van der Waals surface area contributed by atoms with Gasteiger partial charge in [-0.1, -0.05) is 19.1 Å². The second-order valence-electron chi connectivity index (χ2n) is 4.77. The maximum absolute atomic E-state index is 11.5. The molecule has 0 spiro atoms. The third-order valence-corrected chi connectivity index (χ3v) is 2.86. The molecule has 0 saturated carbocycles. The van der Waals surface area contributed by atoms with Crippen LogP contribution in [0.4, 0.5) is 0 Å². The van der Waals surface area contributed by atoms with Gasteiger partial charge in [-0.15, -0.1) is 0 Å². The summed E-state index contributed by atoms with van der Waals surface area (Å²) < 4.78 is 10.5. The quantitative estimate of drug-likeness (QED) is 0.610. The number of rotatable bonds is 11. The van der Waals surface area contributed by atoms with E-state index >= 15 is 0 Å². The Hall–Kier alpha value is -1.59. The zero-order valence-electron chi connectivity index (χ0n) is 13.0. The normalized spacial score (nSPS) is 10.4. The lowest BCUT2D eigenvalue weighted by atomic mass is 10.2. The van der Waals surface area contributed by atoms with Crippen molar-refractivity contribution >= 4 is 5.91 Å². The van der Waals surface area contributed by atoms with E-state index in [0.29, 0.717) is 26.1 Å². The molecule has 5 heteroatoms. The summed E-state index contributed by atoms with van der Waals surface area (Å²) in [7, 11) is 1.62. The molecule has 0 radical (unpaired) electrons. The van der Waals surface area contributed by atoms with E-state index in [4.69, 9.17) is 9.47 Å². The number of benzene rings is 1. The average Bonchev–Trinajstić information content (AvgIpc) is 2.50. The highest BCUT2D eigenvalue weighted by Crippen LogP contribution is 2.13. The SMILES string of the molecule is CCCOc1cccc(CNCCC(=O)NCCOC)c1. The molecule has 0 aromatic heterocycles. The summed E-state index contributed by atoms with van der Waals surface area (Å²) >= 11 is 0. The van der Waals surface area contributed by atoms with E-state index in [1.54, 1.807) is 7.11 Å². The van der Waals surface area contributed by atoms with Crippen molar-refractivity contribution in [2.75, 3.05) is 33.4 Å². The number of amides is 1. The second kappa shape index (κ2) is 11.1. The smallest absolute Gasteiger partial charge is 0.221 e. The van der Waals surface area contributed by atoms with Crippen LogP contribution in [-0.4, -0.2) is 39.3 Å². The predicted molar refractivity (Wildman–Crippen MR) is 83.4 cm³/mol. The standard InChI is InChI=1S/C16H26N2O3/c1-3-10-21-15-6-4-5-14(12-15)13-17-8-7-16(19)18-9-11-20-2/h4-6,12,17H,3,7-11,13H2,1-2H3,(H,18,19). The molecule has 1 aromatic carbocycles. The van der Waals surface area contributed by atoms with Gasteiger partial charge in [-0.05, 0) is 24.1 Å². The van der Waals surface area contributed by atoms with Gasteiger partial charge in [0.1, 0.15) is 5.75 Å². The van der Waals surface area contributed by atoms with Crippen molar-refractivity contribution in [3.05, 3.63) is 29.8 Å². The van der Waals surface area contributed by atoms with Crippen LogP contribution >= 0.6 is 0 Å². The molecule has 0 aliphatic heterocycles. The van der Waals surface area contributed by atoms with E-state index < -0.39 is 0 Å². The highest BCUT2D eigenvalue weighted by molar-refractivity contribution is 5.76. The van der Waals surface area contributed by atoms with Crippen molar-refractivity contribution in [3.8, 4) is 5.75 Å². The lowest BCUT2D eigenvalue weighted by Crippen LogP contribution is -2.29. The van der Waals surface area contributed by atoms with Crippen LogP contribution in [0.25, 0.3) is 0 Å². The Labute approximate surface area is 127 Å². The minimum absolute atomic E-state index is 0.0413. The number of ether oxygens (including phenoxy) is 2. The molecule has 0 fully saturated rings. The predicted octanol–water partition coefficient (Wildman–Crippen LogP) is 1.72. The van der Waals surface area contributed by atoms with Crippen LogP contribution in [0.3, 0.4) is 0 Å². The van der Waals surface area contributed by atoms with Crippen molar-refractivity contribution in [1.82, 2.24) is 10.6 Å². The van der Waals surface area contributed by atoms with Crippen molar-refractivity contribution in [3.63, 3.8) is 0 Å². The molecule has 0 aliphatic rings. The van der Waals surface area contributed by atoms with Crippen LogP contribution in [-0.2, 0) is 16.1 Å². The summed E-state index contributed by atoms with van der Waals surface area (Å²) in [6, 6.07) is 8.02. The van der Waals surface area contributed by atoms with Gasteiger partial charge in [0.25, 0.3) is 0 Å². The van der Waals surface area contributed by atoms with E-state index in [0.717, 1.165) is 30.9 Å². The zero-order chi connectivity index (χ0) is 15.3. The van der Waals surface area contributed by atoms with Gasteiger partial charge in [0.15, 0.2) is 0 Å². The molecule has 0 atom stereocenters. The molecule has 118 valence electrons. The van der Waals surface area contributed by atoms with Crippen LogP contribution in [0, 0.1) is 0 Å². The second-order valence-corrected chi connectivity index (χ2v) is 4.77. The van der Waals surface area contributed by atoms with E-state index in [-0.39, 0.29) is 5.91 Å². The van der Waals surface area contributed by atoms with Crippen molar-refractivity contribution in [2.45, 2.75) is 26.3 Å². The van der Waals surface area contributed by atoms with Crippen LogP contribution in [0.2, 0.25) is 0 Å². The molecule has 0 saturated heterocycles. The first kappa shape index (κ1) is 17.5. The summed E-state index contributed by atoms with van der Waals surface area (Å²) in [5.41, 5.74) is 1.16. The van der Waals surface area contributed by atoms with Gasteiger partial charge in [0, 0.05) is 33.2 Å². The first-order valence-corrected chi connectivity index (χ1v) is 7.44. The highest BCUT2D eigenvalue weighted by Gasteiger charge is 2.01. The molecule has 0 unspecified atom stereocenters. The summed E-state index contributed by atoms with van der Waals surface area (Å²) in [6.07, 6.45) is 1.47. The summed E-state index contributed by atoms with van der Waals surface area (Å²) in [6.45, 7) is 5.31. The molecule has 1 amide bonds. The topological polar surface area (TPSA) is 59.6 Å². The third kappa shape index (κ3) is 8.32. The minimum atomic E-state index is 0.0413. The molecule has 1 rings (SSSR count). The van der Waals surface area contributed by atoms with E-state index in [2.05, 4.69) is 17.6 Å². The van der Waals surface area contributed by atoms with Crippen LogP contribution in [0.1, 0.15) is 25.3 Å². The molecule has 5 nitrogen and oxygen atoms in total. The molecular weight excluding hydrogens is 268 g/mol. The molecule has 0 aliphatic carbocycles. The van der Waals surface area contributed by atoms with Crippen molar-refractivity contribution < 1.29 is 14.3 Å². The van der Waals surface area contributed by atoms with Gasteiger partial charge in [0.05, 0.1) is 13.2 Å². The molecule has 21 heavy (non-hydrogen) atoms. The summed E-state index contributed by atoms with van der Waals surface area (Å²) in [4.78, 5) is 11.5. The lowest BCUT2D eigenvalue weighted by molar-refractivity contribution is -0.121. The molecule has 2 N–H and O–H groups in total. The number of hydrogen-bond acceptors (Lipinski definition) is 4. The van der Waals surface area contributed by atoms with Crippen LogP contribution in [0.15, 0.2) is 24.3 Å². The fourth-order valence-corrected chi connectivity index (χ4v) is 1.78. The maximum atomic E-state index is 11.5. The Bertz CT molecular complexity index is 410. The van der Waals surface area contributed by atoms with Gasteiger partial charge < -0.3 is 20.1 Å². The number of carbonyl (C=O) groups excluding carboxylic acids is 1.